The number of carbonyl (C=O) groups is 1. The number of ether oxygens (including phenoxy) is 2. The molecule has 7 heteroatoms. The van der Waals surface area contributed by atoms with Gasteiger partial charge < -0.3 is 19.5 Å². The fraction of sp³-hybridized carbons (Fsp3) is 0.412. The number of hydrogen-bond acceptors (Lipinski definition) is 6. The van der Waals surface area contributed by atoms with E-state index in [1.807, 2.05) is 32.3 Å². The van der Waals surface area contributed by atoms with Crippen molar-refractivity contribution < 1.29 is 19.4 Å². The van der Waals surface area contributed by atoms with E-state index in [-0.39, 0.29) is 6.42 Å². The summed E-state index contributed by atoms with van der Waals surface area (Å²) in [4.78, 5) is 17.3. The number of hydrogen-bond donors (Lipinski definition) is 1. The van der Waals surface area contributed by atoms with E-state index in [0.29, 0.717) is 23.8 Å². The Morgan fingerprint density at radius 2 is 2.17 bits per heavy atom. The molecule has 0 aliphatic heterocycles. The van der Waals surface area contributed by atoms with Crippen molar-refractivity contribution >= 4 is 17.3 Å². The third-order valence-electron chi connectivity index (χ3n) is 3.31. The van der Waals surface area contributed by atoms with Gasteiger partial charge in [-0.05, 0) is 32.6 Å². The quantitative estimate of drug-likeness (QED) is 0.701. The number of nitrogens with zero attached hydrogens (tertiary/aromatic N) is 2. The summed E-state index contributed by atoms with van der Waals surface area (Å²) in [6, 6.07) is 5.58. The van der Waals surface area contributed by atoms with Crippen LogP contribution in [0.15, 0.2) is 23.6 Å². The molecule has 130 valence electrons. The Bertz CT molecular complexity index is 685. The molecule has 0 unspecified atom stereocenters. The molecule has 0 aliphatic carbocycles. The molecular formula is C17H22N2O4S. The fourth-order valence-electron chi connectivity index (χ4n) is 2.16. The van der Waals surface area contributed by atoms with Gasteiger partial charge in [0.1, 0.15) is 16.5 Å². The highest BCUT2D eigenvalue weighted by Gasteiger charge is 2.13. The summed E-state index contributed by atoms with van der Waals surface area (Å²) >= 11 is 1.41. The zero-order chi connectivity index (χ0) is 17.5. The molecule has 1 aromatic heterocycles. The van der Waals surface area contributed by atoms with E-state index >= 15 is 0 Å². The van der Waals surface area contributed by atoms with Crippen molar-refractivity contribution in [3.05, 3.63) is 29.3 Å². The first-order valence-electron chi connectivity index (χ1n) is 7.61. The molecule has 0 amide bonds. The second-order valence-corrected chi connectivity index (χ2v) is 6.44. The summed E-state index contributed by atoms with van der Waals surface area (Å²) in [7, 11) is 5.66. The molecule has 0 bridgehead atoms. The molecule has 24 heavy (non-hydrogen) atoms. The average molecular weight is 350 g/mol. The number of carboxylic acids is 1. The van der Waals surface area contributed by atoms with Crippen molar-refractivity contribution in [1.82, 2.24) is 9.88 Å². The lowest BCUT2D eigenvalue weighted by Gasteiger charge is -2.13. The molecule has 1 aromatic carbocycles. The van der Waals surface area contributed by atoms with Crippen LogP contribution in [0.1, 0.15) is 12.1 Å². The van der Waals surface area contributed by atoms with Gasteiger partial charge in [-0.25, -0.2) is 4.98 Å². The SMILES string of the molecule is COc1ccc(-c2nc(CC(=O)O)cs2)c(OCCCN(C)C)c1. The summed E-state index contributed by atoms with van der Waals surface area (Å²) in [5.74, 6) is 0.523. The molecule has 0 spiro atoms. The van der Waals surface area contributed by atoms with Gasteiger partial charge in [-0.1, -0.05) is 0 Å². The van der Waals surface area contributed by atoms with Gasteiger partial charge >= 0.3 is 5.97 Å². The van der Waals surface area contributed by atoms with Gasteiger partial charge in [0.2, 0.25) is 0 Å². The van der Waals surface area contributed by atoms with Gasteiger partial charge in [0, 0.05) is 18.0 Å². The van der Waals surface area contributed by atoms with Crippen LogP contribution < -0.4 is 9.47 Å². The smallest absolute Gasteiger partial charge is 0.309 e. The Morgan fingerprint density at radius 3 is 2.83 bits per heavy atom. The van der Waals surface area contributed by atoms with E-state index in [1.165, 1.54) is 11.3 Å². The Morgan fingerprint density at radius 1 is 1.38 bits per heavy atom. The van der Waals surface area contributed by atoms with Gasteiger partial charge in [0.25, 0.3) is 0 Å². The molecule has 0 saturated carbocycles. The van der Waals surface area contributed by atoms with Crippen LogP contribution >= 0.6 is 11.3 Å². The van der Waals surface area contributed by atoms with Crippen LogP contribution in [-0.2, 0) is 11.2 Å². The molecular weight excluding hydrogens is 328 g/mol. The van der Waals surface area contributed by atoms with E-state index in [0.717, 1.165) is 23.5 Å². The van der Waals surface area contributed by atoms with Crippen molar-refractivity contribution in [2.45, 2.75) is 12.8 Å². The van der Waals surface area contributed by atoms with E-state index in [9.17, 15) is 4.79 Å². The first-order valence-corrected chi connectivity index (χ1v) is 8.49. The highest BCUT2D eigenvalue weighted by Crippen LogP contribution is 2.35. The number of thiazole rings is 1. The molecule has 6 nitrogen and oxygen atoms in total. The molecule has 1 heterocycles. The Balaban J connectivity index is 2.18. The Hall–Kier alpha value is -2.12. The minimum atomic E-state index is -0.887. The number of aromatic nitrogens is 1. The monoisotopic (exact) mass is 350 g/mol. The van der Waals surface area contributed by atoms with Crippen LogP contribution in [0.5, 0.6) is 11.5 Å². The summed E-state index contributed by atoms with van der Waals surface area (Å²) < 4.78 is 11.2. The van der Waals surface area contributed by atoms with E-state index in [2.05, 4.69) is 9.88 Å². The van der Waals surface area contributed by atoms with Crippen LogP contribution in [0.25, 0.3) is 10.6 Å². The second kappa shape index (κ2) is 8.65. The fourth-order valence-corrected chi connectivity index (χ4v) is 3.00. The number of rotatable bonds is 9. The summed E-state index contributed by atoms with van der Waals surface area (Å²) in [5.41, 5.74) is 1.40. The topological polar surface area (TPSA) is 71.9 Å². The molecule has 2 rings (SSSR count). The second-order valence-electron chi connectivity index (χ2n) is 5.58. The molecule has 0 radical (unpaired) electrons. The number of methoxy groups -OCH3 is 1. The first-order chi connectivity index (χ1) is 11.5. The number of aliphatic carboxylic acids is 1. The van der Waals surface area contributed by atoms with Crippen molar-refractivity contribution in [1.29, 1.82) is 0 Å². The molecule has 2 aromatic rings. The normalized spacial score (nSPS) is 10.8. The molecule has 1 N–H and O–H groups in total. The maximum Gasteiger partial charge on any atom is 0.309 e. The minimum absolute atomic E-state index is 0.0777. The van der Waals surface area contributed by atoms with E-state index < -0.39 is 5.97 Å². The summed E-state index contributed by atoms with van der Waals surface area (Å²) in [5, 5.41) is 11.4. The van der Waals surface area contributed by atoms with Crippen molar-refractivity contribution in [2.24, 2.45) is 0 Å². The van der Waals surface area contributed by atoms with Crippen LogP contribution in [-0.4, -0.2) is 55.3 Å². The third-order valence-corrected chi connectivity index (χ3v) is 4.23. The highest BCUT2D eigenvalue weighted by molar-refractivity contribution is 7.13. The lowest BCUT2D eigenvalue weighted by molar-refractivity contribution is -0.136. The van der Waals surface area contributed by atoms with Crippen LogP contribution in [0, 0.1) is 0 Å². The lowest BCUT2D eigenvalue weighted by Crippen LogP contribution is -2.15. The largest absolute Gasteiger partial charge is 0.497 e. The zero-order valence-electron chi connectivity index (χ0n) is 14.1. The van der Waals surface area contributed by atoms with Gasteiger partial charge in [-0.15, -0.1) is 11.3 Å². The average Bonchev–Trinajstić information content (AvgIpc) is 2.98. The Kier molecular flexibility index (Phi) is 6.57. The van der Waals surface area contributed by atoms with Crippen molar-refractivity contribution in [2.75, 3.05) is 34.4 Å². The highest BCUT2D eigenvalue weighted by atomic mass is 32.1. The molecule has 0 saturated heterocycles. The zero-order valence-corrected chi connectivity index (χ0v) is 14.9. The summed E-state index contributed by atoms with van der Waals surface area (Å²) in [6.07, 6.45) is 0.831. The molecule has 0 fully saturated rings. The molecule has 0 atom stereocenters. The number of benzene rings is 1. The van der Waals surface area contributed by atoms with Crippen LogP contribution in [0.3, 0.4) is 0 Å². The van der Waals surface area contributed by atoms with Crippen molar-refractivity contribution in [3.63, 3.8) is 0 Å². The molecule has 0 aliphatic rings. The van der Waals surface area contributed by atoms with Gasteiger partial charge in [-0.2, -0.15) is 0 Å². The maximum absolute atomic E-state index is 10.8. The third kappa shape index (κ3) is 5.21. The lowest BCUT2D eigenvalue weighted by atomic mass is 10.2. The predicted molar refractivity (Wildman–Crippen MR) is 94.1 cm³/mol. The maximum atomic E-state index is 10.8. The summed E-state index contributed by atoms with van der Waals surface area (Å²) in [6.45, 7) is 1.53. The van der Waals surface area contributed by atoms with Gasteiger partial charge in [0.15, 0.2) is 0 Å². The first kappa shape index (κ1) is 18.2. The predicted octanol–water partition coefficient (Wildman–Crippen LogP) is 2.78. The van der Waals surface area contributed by atoms with Crippen LogP contribution in [0.4, 0.5) is 0 Å². The van der Waals surface area contributed by atoms with Gasteiger partial charge in [-0.3, -0.25) is 4.79 Å². The van der Waals surface area contributed by atoms with Gasteiger partial charge in [0.05, 0.1) is 31.4 Å². The van der Waals surface area contributed by atoms with Crippen molar-refractivity contribution in [3.8, 4) is 22.1 Å². The minimum Gasteiger partial charge on any atom is -0.497 e. The number of carboxylic acid groups (broad SMARTS) is 1. The van der Waals surface area contributed by atoms with Crippen LogP contribution in [0.2, 0.25) is 0 Å². The standard InChI is InChI=1S/C17H22N2O4S/c1-19(2)7-4-8-23-15-10-13(22-3)5-6-14(15)17-18-12(11-24-17)9-16(20)21/h5-6,10-11H,4,7-9H2,1-3H3,(H,20,21). The van der Waals surface area contributed by atoms with E-state index in [4.69, 9.17) is 14.6 Å². The van der Waals surface area contributed by atoms with E-state index in [1.54, 1.807) is 12.5 Å². The Labute approximate surface area is 145 Å².